The Morgan fingerprint density at radius 2 is 2.39 bits per heavy atom. The molecule has 1 aromatic rings. The second kappa shape index (κ2) is 5.83. The summed E-state index contributed by atoms with van der Waals surface area (Å²) in [5, 5.41) is 9.19. The van der Waals surface area contributed by atoms with Gasteiger partial charge >= 0.3 is 0 Å². The van der Waals surface area contributed by atoms with Gasteiger partial charge in [0.15, 0.2) is 0 Å². The number of nitrogens with zero attached hydrogens (tertiary/aromatic N) is 1. The number of likely N-dealkylation sites (tertiary alicyclic amines) is 1. The van der Waals surface area contributed by atoms with Crippen LogP contribution in [-0.2, 0) is 4.79 Å². The van der Waals surface area contributed by atoms with Crippen molar-refractivity contribution in [2.24, 2.45) is 0 Å². The highest BCUT2D eigenvalue weighted by atomic mass is 16.3. The van der Waals surface area contributed by atoms with E-state index in [9.17, 15) is 9.90 Å². The van der Waals surface area contributed by atoms with Crippen molar-refractivity contribution >= 4 is 12.0 Å². The van der Waals surface area contributed by atoms with E-state index in [1.165, 1.54) is 5.56 Å². The molecule has 1 N–H and O–H groups in total. The summed E-state index contributed by atoms with van der Waals surface area (Å²) in [6, 6.07) is 8.02. The third-order valence-electron chi connectivity index (χ3n) is 3.33. The lowest BCUT2D eigenvalue weighted by Gasteiger charge is -2.21. The zero-order chi connectivity index (χ0) is 13.0. The van der Waals surface area contributed by atoms with E-state index in [0.29, 0.717) is 0 Å². The van der Waals surface area contributed by atoms with Crippen LogP contribution in [-0.4, -0.2) is 35.1 Å². The van der Waals surface area contributed by atoms with Gasteiger partial charge in [-0.3, -0.25) is 4.79 Å². The quantitative estimate of drug-likeness (QED) is 0.827. The predicted octanol–water partition coefficient (Wildman–Crippen LogP) is 1.99. The first-order valence-corrected chi connectivity index (χ1v) is 6.37. The lowest BCUT2D eigenvalue weighted by molar-refractivity contribution is -0.127. The molecule has 96 valence electrons. The van der Waals surface area contributed by atoms with Crippen molar-refractivity contribution in [3.63, 3.8) is 0 Å². The highest BCUT2D eigenvalue weighted by Crippen LogP contribution is 2.17. The topological polar surface area (TPSA) is 40.5 Å². The highest BCUT2D eigenvalue weighted by molar-refractivity contribution is 5.92. The number of carbonyl (C=O) groups excluding carboxylic acids is 1. The van der Waals surface area contributed by atoms with Gasteiger partial charge in [-0.1, -0.05) is 29.8 Å². The average molecular weight is 245 g/mol. The van der Waals surface area contributed by atoms with E-state index in [4.69, 9.17) is 0 Å². The minimum absolute atomic E-state index is 0.000315. The molecule has 1 heterocycles. The smallest absolute Gasteiger partial charge is 0.246 e. The number of aliphatic hydroxyl groups excluding tert-OH is 1. The van der Waals surface area contributed by atoms with Gasteiger partial charge in [-0.05, 0) is 31.4 Å². The monoisotopic (exact) mass is 245 g/mol. The van der Waals surface area contributed by atoms with Crippen LogP contribution in [0.15, 0.2) is 30.3 Å². The molecule has 1 aromatic carbocycles. The first-order chi connectivity index (χ1) is 8.70. The molecule has 0 spiro atoms. The molecule has 1 saturated heterocycles. The van der Waals surface area contributed by atoms with Gasteiger partial charge < -0.3 is 10.0 Å². The molecule has 3 nitrogen and oxygen atoms in total. The number of hydrogen-bond acceptors (Lipinski definition) is 2. The van der Waals surface area contributed by atoms with Crippen LogP contribution in [0.5, 0.6) is 0 Å². The normalized spacial score (nSPS) is 19.7. The second-order valence-electron chi connectivity index (χ2n) is 4.76. The van der Waals surface area contributed by atoms with Crippen molar-refractivity contribution in [3.8, 4) is 0 Å². The molecule has 1 fully saturated rings. The van der Waals surface area contributed by atoms with E-state index in [-0.39, 0.29) is 18.6 Å². The van der Waals surface area contributed by atoms with Crippen LogP contribution in [0.3, 0.4) is 0 Å². The van der Waals surface area contributed by atoms with Gasteiger partial charge in [0.25, 0.3) is 0 Å². The third kappa shape index (κ3) is 2.99. The number of carbonyl (C=O) groups is 1. The number of rotatable bonds is 3. The van der Waals surface area contributed by atoms with E-state index in [2.05, 4.69) is 0 Å². The summed E-state index contributed by atoms with van der Waals surface area (Å²) >= 11 is 0. The summed E-state index contributed by atoms with van der Waals surface area (Å²) in [5.74, 6) is -0.00643. The Morgan fingerprint density at radius 1 is 1.56 bits per heavy atom. The van der Waals surface area contributed by atoms with Crippen molar-refractivity contribution in [1.82, 2.24) is 4.90 Å². The second-order valence-corrected chi connectivity index (χ2v) is 4.76. The summed E-state index contributed by atoms with van der Waals surface area (Å²) in [6.07, 6.45) is 5.32. The van der Waals surface area contributed by atoms with Gasteiger partial charge in [-0.15, -0.1) is 0 Å². The van der Waals surface area contributed by atoms with Gasteiger partial charge in [0.1, 0.15) is 0 Å². The molecule has 18 heavy (non-hydrogen) atoms. The molecular weight excluding hydrogens is 226 g/mol. The van der Waals surface area contributed by atoms with Crippen LogP contribution in [0.1, 0.15) is 24.0 Å². The fourth-order valence-electron chi connectivity index (χ4n) is 2.35. The van der Waals surface area contributed by atoms with Crippen LogP contribution in [0, 0.1) is 6.92 Å². The van der Waals surface area contributed by atoms with Gasteiger partial charge in [-0.2, -0.15) is 0 Å². The van der Waals surface area contributed by atoms with Gasteiger partial charge in [0.2, 0.25) is 5.91 Å². The van der Waals surface area contributed by atoms with Crippen LogP contribution in [0.2, 0.25) is 0 Å². The van der Waals surface area contributed by atoms with E-state index in [0.717, 1.165) is 24.9 Å². The summed E-state index contributed by atoms with van der Waals surface area (Å²) in [6.45, 7) is 2.84. The summed E-state index contributed by atoms with van der Waals surface area (Å²) in [5.41, 5.74) is 2.21. The molecule has 0 radical (unpaired) electrons. The largest absolute Gasteiger partial charge is 0.394 e. The number of aryl methyl sites for hydroxylation is 1. The SMILES string of the molecule is Cc1cccc(C=CC(=O)N2CCC[C@H]2CO)c1. The lowest BCUT2D eigenvalue weighted by Crippen LogP contribution is -2.36. The molecule has 2 rings (SSSR count). The number of aliphatic hydroxyl groups is 1. The molecule has 0 bridgehead atoms. The van der Waals surface area contributed by atoms with Crippen LogP contribution < -0.4 is 0 Å². The van der Waals surface area contributed by atoms with Gasteiger partial charge in [-0.25, -0.2) is 0 Å². The highest BCUT2D eigenvalue weighted by Gasteiger charge is 2.26. The standard InChI is InChI=1S/C15H19NO2/c1-12-4-2-5-13(10-12)7-8-15(18)16-9-3-6-14(16)11-17/h2,4-5,7-8,10,14,17H,3,6,9,11H2,1H3/t14-/m0/s1. The Labute approximate surface area is 108 Å². The van der Waals surface area contributed by atoms with E-state index in [1.807, 2.05) is 37.3 Å². The molecule has 1 aliphatic heterocycles. The van der Waals surface area contributed by atoms with Crippen molar-refractivity contribution in [2.45, 2.75) is 25.8 Å². The van der Waals surface area contributed by atoms with Crippen molar-refractivity contribution in [3.05, 3.63) is 41.5 Å². The van der Waals surface area contributed by atoms with E-state index >= 15 is 0 Å². The Morgan fingerprint density at radius 3 is 3.11 bits per heavy atom. The molecule has 0 aromatic heterocycles. The van der Waals surface area contributed by atoms with Crippen molar-refractivity contribution < 1.29 is 9.90 Å². The summed E-state index contributed by atoms with van der Waals surface area (Å²) < 4.78 is 0. The molecule has 1 atom stereocenters. The molecular formula is C15H19NO2. The number of amides is 1. The first kappa shape index (κ1) is 12.8. The van der Waals surface area contributed by atoms with Crippen LogP contribution in [0.4, 0.5) is 0 Å². The first-order valence-electron chi connectivity index (χ1n) is 6.37. The van der Waals surface area contributed by atoms with Crippen molar-refractivity contribution in [2.75, 3.05) is 13.2 Å². The third-order valence-corrected chi connectivity index (χ3v) is 3.33. The average Bonchev–Trinajstić information content (AvgIpc) is 2.84. The van der Waals surface area contributed by atoms with E-state index in [1.54, 1.807) is 11.0 Å². The minimum atomic E-state index is -0.00643. The summed E-state index contributed by atoms with van der Waals surface area (Å²) in [4.78, 5) is 13.8. The fraction of sp³-hybridized carbons (Fsp3) is 0.400. The zero-order valence-corrected chi connectivity index (χ0v) is 10.7. The predicted molar refractivity (Wildman–Crippen MR) is 72.0 cm³/mol. The Hall–Kier alpha value is -1.61. The Bertz CT molecular complexity index is 454. The van der Waals surface area contributed by atoms with Gasteiger partial charge in [0, 0.05) is 12.6 Å². The maximum absolute atomic E-state index is 12.0. The maximum Gasteiger partial charge on any atom is 0.246 e. The van der Waals surface area contributed by atoms with Crippen LogP contribution in [0.25, 0.3) is 6.08 Å². The molecule has 1 amide bonds. The number of benzene rings is 1. The number of hydrogen-bond donors (Lipinski definition) is 1. The minimum Gasteiger partial charge on any atom is -0.394 e. The molecule has 3 heteroatoms. The Balaban J connectivity index is 2.02. The Kier molecular flexibility index (Phi) is 4.15. The summed E-state index contributed by atoms with van der Waals surface area (Å²) in [7, 11) is 0. The van der Waals surface area contributed by atoms with Gasteiger partial charge in [0.05, 0.1) is 12.6 Å². The molecule has 0 aliphatic carbocycles. The lowest BCUT2D eigenvalue weighted by atomic mass is 10.1. The van der Waals surface area contributed by atoms with Crippen molar-refractivity contribution in [1.29, 1.82) is 0 Å². The fourth-order valence-corrected chi connectivity index (χ4v) is 2.35. The molecule has 0 saturated carbocycles. The van der Waals surface area contributed by atoms with Crippen LogP contribution >= 0.6 is 0 Å². The zero-order valence-electron chi connectivity index (χ0n) is 10.7. The maximum atomic E-state index is 12.0. The molecule has 1 aliphatic rings. The molecule has 0 unspecified atom stereocenters. The van der Waals surface area contributed by atoms with E-state index < -0.39 is 0 Å².